The van der Waals surface area contributed by atoms with Gasteiger partial charge in [0.2, 0.25) is 0 Å². The summed E-state index contributed by atoms with van der Waals surface area (Å²) in [7, 11) is 0. The van der Waals surface area contributed by atoms with E-state index < -0.39 is 0 Å². The van der Waals surface area contributed by atoms with E-state index in [-0.39, 0.29) is 10.4 Å². The number of nitrogens with one attached hydrogen (secondary N) is 1. The number of aromatic amines is 1. The fourth-order valence-corrected chi connectivity index (χ4v) is 1.66. The van der Waals surface area contributed by atoms with Gasteiger partial charge in [-0.25, -0.2) is 4.98 Å². The Bertz CT molecular complexity index is 535. The predicted molar refractivity (Wildman–Crippen MR) is 64.3 cm³/mol. The largest absolute Gasteiger partial charge is 0.309 e. The SMILES string of the molecule is CCC(Br)c1nc2ccccc2c(=O)[nH]1. The lowest BCUT2D eigenvalue weighted by molar-refractivity contribution is 0.828. The van der Waals surface area contributed by atoms with Crippen molar-refractivity contribution in [2.45, 2.75) is 18.2 Å². The Kier molecular flexibility index (Phi) is 2.86. The fourth-order valence-electron chi connectivity index (χ4n) is 1.45. The van der Waals surface area contributed by atoms with Crippen LogP contribution in [0.2, 0.25) is 0 Å². The Balaban J connectivity index is 2.67. The minimum atomic E-state index is -0.0755. The molecule has 15 heavy (non-hydrogen) atoms. The highest BCUT2D eigenvalue weighted by atomic mass is 79.9. The van der Waals surface area contributed by atoms with Crippen molar-refractivity contribution in [1.29, 1.82) is 0 Å². The molecule has 1 atom stereocenters. The second-order valence-electron chi connectivity index (χ2n) is 3.34. The minimum absolute atomic E-state index is 0.0755. The third kappa shape index (κ3) is 1.95. The van der Waals surface area contributed by atoms with Crippen molar-refractivity contribution in [3.05, 3.63) is 40.4 Å². The van der Waals surface area contributed by atoms with E-state index in [1.54, 1.807) is 6.07 Å². The van der Waals surface area contributed by atoms with Gasteiger partial charge >= 0.3 is 0 Å². The average Bonchev–Trinajstić information content (AvgIpc) is 2.28. The first-order valence-corrected chi connectivity index (χ1v) is 5.77. The van der Waals surface area contributed by atoms with Gasteiger partial charge in [-0.1, -0.05) is 35.0 Å². The zero-order chi connectivity index (χ0) is 10.8. The molecule has 0 spiro atoms. The second-order valence-corrected chi connectivity index (χ2v) is 4.45. The summed E-state index contributed by atoms with van der Waals surface area (Å²) >= 11 is 3.47. The van der Waals surface area contributed by atoms with Crippen molar-refractivity contribution in [1.82, 2.24) is 9.97 Å². The molecule has 0 aliphatic heterocycles. The first kappa shape index (κ1) is 10.4. The first-order valence-electron chi connectivity index (χ1n) is 4.85. The van der Waals surface area contributed by atoms with Crippen LogP contribution in [0.15, 0.2) is 29.1 Å². The molecule has 2 aromatic rings. The molecule has 3 nitrogen and oxygen atoms in total. The third-order valence-electron chi connectivity index (χ3n) is 2.29. The van der Waals surface area contributed by atoms with Crippen molar-refractivity contribution in [2.24, 2.45) is 0 Å². The van der Waals surface area contributed by atoms with Gasteiger partial charge in [0.25, 0.3) is 5.56 Å². The molecule has 4 heteroatoms. The molecule has 1 N–H and O–H groups in total. The van der Waals surface area contributed by atoms with Crippen LogP contribution in [0.25, 0.3) is 10.9 Å². The summed E-state index contributed by atoms with van der Waals surface area (Å²) in [5, 5.41) is 0.636. The van der Waals surface area contributed by atoms with Gasteiger partial charge in [-0.3, -0.25) is 4.79 Å². The summed E-state index contributed by atoms with van der Waals surface area (Å²) < 4.78 is 0. The van der Waals surface area contributed by atoms with Crippen LogP contribution in [0, 0.1) is 0 Å². The molecular formula is C11H11BrN2O. The summed E-state index contributed by atoms with van der Waals surface area (Å²) in [5.41, 5.74) is 0.669. The van der Waals surface area contributed by atoms with Crippen molar-refractivity contribution in [2.75, 3.05) is 0 Å². The van der Waals surface area contributed by atoms with E-state index in [1.165, 1.54) is 0 Å². The summed E-state index contributed by atoms with van der Waals surface area (Å²) in [4.78, 5) is 19.0. The molecule has 0 bridgehead atoms. The molecule has 0 aliphatic rings. The minimum Gasteiger partial charge on any atom is -0.309 e. The molecule has 0 saturated carbocycles. The molecule has 0 saturated heterocycles. The number of fused-ring (bicyclic) bond motifs is 1. The monoisotopic (exact) mass is 266 g/mol. The quantitative estimate of drug-likeness (QED) is 0.850. The maximum absolute atomic E-state index is 11.7. The van der Waals surface area contributed by atoms with E-state index in [2.05, 4.69) is 25.9 Å². The smallest absolute Gasteiger partial charge is 0.258 e. The van der Waals surface area contributed by atoms with E-state index in [1.807, 2.05) is 25.1 Å². The lowest BCUT2D eigenvalue weighted by Crippen LogP contribution is -2.12. The Hall–Kier alpha value is -1.16. The van der Waals surface area contributed by atoms with Gasteiger partial charge in [0.05, 0.1) is 15.7 Å². The number of halogens is 1. The molecule has 0 aliphatic carbocycles. The number of benzene rings is 1. The molecule has 0 fully saturated rings. The molecule has 1 unspecified atom stereocenters. The number of rotatable bonds is 2. The molecule has 0 radical (unpaired) electrons. The second kappa shape index (κ2) is 4.14. The lowest BCUT2D eigenvalue weighted by atomic mass is 10.2. The Labute approximate surface area is 95.7 Å². The van der Waals surface area contributed by atoms with Crippen LogP contribution in [-0.2, 0) is 0 Å². The number of hydrogen-bond acceptors (Lipinski definition) is 2. The zero-order valence-corrected chi connectivity index (χ0v) is 9.91. The summed E-state index contributed by atoms with van der Waals surface area (Å²) in [6, 6.07) is 7.35. The molecular weight excluding hydrogens is 256 g/mol. The number of aromatic nitrogens is 2. The summed E-state index contributed by atoms with van der Waals surface area (Å²) in [6.45, 7) is 2.04. The average molecular weight is 267 g/mol. The van der Waals surface area contributed by atoms with E-state index in [9.17, 15) is 4.79 Å². The molecule has 78 valence electrons. The van der Waals surface area contributed by atoms with Crippen molar-refractivity contribution in [3.8, 4) is 0 Å². The van der Waals surface area contributed by atoms with Crippen molar-refractivity contribution in [3.63, 3.8) is 0 Å². The van der Waals surface area contributed by atoms with Gasteiger partial charge in [0, 0.05) is 0 Å². The van der Waals surface area contributed by atoms with E-state index in [0.29, 0.717) is 11.2 Å². The standard InChI is InChI=1S/C11H11BrN2O/c1-2-8(12)10-13-9-6-4-3-5-7(9)11(15)14-10/h3-6,8H,2H2,1H3,(H,13,14,15). The van der Waals surface area contributed by atoms with E-state index >= 15 is 0 Å². The summed E-state index contributed by atoms with van der Waals surface area (Å²) in [6.07, 6.45) is 0.890. The molecule has 0 amide bonds. The van der Waals surface area contributed by atoms with E-state index in [4.69, 9.17) is 0 Å². The zero-order valence-electron chi connectivity index (χ0n) is 8.33. The normalized spacial score (nSPS) is 12.9. The number of alkyl halides is 1. The van der Waals surface area contributed by atoms with E-state index in [0.717, 1.165) is 11.9 Å². The predicted octanol–water partition coefficient (Wildman–Crippen LogP) is 2.77. The number of H-pyrrole nitrogens is 1. The number of nitrogens with zero attached hydrogens (tertiary/aromatic N) is 1. The van der Waals surface area contributed by atoms with Gasteiger partial charge < -0.3 is 4.98 Å². The Morgan fingerprint density at radius 3 is 2.93 bits per heavy atom. The number of hydrogen-bond donors (Lipinski definition) is 1. The lowest BCUT2D eigenvalue weighted by Gasteiger charge is -2.06. The molecule has 1 aromatic carbocycles. The van der Waals surface area contributed by atoms with Crippen LogP contribution in [0.1, 0.15) is 24.0 Å². The van der Waals surface area contributed by atoms with Crippen LogP contribution in [0.4, 0.5) is 0 Å². The molecule has 2 rings (SSSR count). The summed E-state index contributed by atoms with van der Waals surface area (Å²) in [5.74, 6) is 0.696. The molecule has 1 heterocycles. The highest BCUT2D eigenvalue weighted by Crippen LogP contribution is 2.22. The third-order valence-corrected chi connectivity index (χ3v) is 3.37. The highest BCUT2D eigenvalue weighted by molar-refractivity contribution is 9.09. The van der Waals surface area contributed by atoms with Gasteiger partial charge in [0.15, 0.2) is 0 Å². The molecule has 1 aromatic heterocycles. The van der Waals surface area contributed by atoms with Crippen LogP contribution >= 0.6 is 15.9 Å². The van der Waals surface area contributed by atoms with Crippen molar-refractivity contribution < 1.29 is 0 Å². The van der Waals surface area contributed by atoms with Gasteiger partial charge in [-0.05, 0) is 18.6 Å². The van der Waals surface area contributed by atoms with Crippen LogP contribution < -0.4 is 5.56 Å². The maximum atomic E-state index is 11.7. The van der Waals surface area contributed by atoms with Gasteiger partial charge in [-0.15, -0.1) is 0 Å². The fraction of sp³-hybridized carbons (Fsp3) is 0.273. The number of para-hydroxylation sites is 1. The topological polar surface area (TPSA) is 45.8 Å². The van der Waals surface area contributed by atoms with Crippen molar-refractivity contribution >= 4 is 26.8 Å². The van der Waals surface area contributed by atoms with Crippen LogP contribution in [0.5, 0.6) is 0 Å². The van der Waals surface area contributed by atoms with Gasteiger partial charge in [-0.2, -0.15) is 0 Å². The van der Waals surface area contributed by atoms with Gasteiger partial charge in [0.1, 0.15) is 5.82 Å². The first-order chi connectivity index (χ1) is 7.22. The van der Waals surface area contributed by atoms with Crippen LogP contribution in [-0.4, -0.2) is 9.97 Å². The van der Waals surface area contributed by atoms with Crippen LogP contribution in [0.3, 0.4) is 0 Å². The maximum Gasteiger partial charge on any atom is 0.258 e. The Morgan fingerprint density at radius 2 is 2.20 bits per heavy atom. The Morgan fingerprint density at radius 1 is 1.47 bits per heavy atom. The highest BCUT2D eigenvalue weighted by Gasteiger charge is 2.09.